The maximum Gasteiger partial charge on any atom is 0.324 e. The van der Waals surface area contributed by atoms with Gasteiger partial charge in [0.1, 0.15) is 5.75 Å². The average Bonchev–Trinajstić information content (AvgIpc) is 3.06. The number of benzene rings is 1. The molecular formula is C15H17N3O2S. The van der Waals surface area contributed by atoms with Crippen molar-refractivity contribution >= 4 is 32.7 Å². The van der Waals surface area contributed by atoms with E-state index in [2.05, 4.69) is 12.2 Å². The third-order valence-corrected chi connectivity index (χ3v) is 5.53. The van der Waals surface area contributed by atoms with E-state index in [1.54, 1.807) is 16.2 Å². The zero-order valence-electron chi connectivity index (χ0n) is 12.3. The number of thiazole rings is 1. The second-order valence-electron chi connectivity index (χ2n) is 6.18. The molecule has 1 saturated heterocycles. The van der Waals surface area contributed by atoms with Gasteiger partial charge in [-0.3, -0.25) is 4.90 Å². The van der Waals surface area contributed by atoms with Gasteiger partial charge in [-0.2, -0.15) is 0 Å². The summed E-state index contributed by atoms with van der Waals surface area (Å²) in [5.74, 6) is 0.929. The lowest BCUT2D eigenvalue weighted by molar-refractivity contribution is 0.248. The van der Waals surface area contributed by atoms with Crippen LogP contribution in [0.5, 0.6) is 5.75 Å². The van der Waals surface area contributed by atoms with Crippen molar-refractivity contribution in [1.29, 1.82) is 0 Å². The normalized spacial score (nSPS) is 23.3. The minimum absolute atomic E-state index is 0.0647. The highest BCUT2D eigenvalue weighted by molar-refractivity contribution is 7.22. The van der Waals surface area contributed by atoms with Gasteiger partial charge < -0.3 is 10.1 Å². The quantitative estimate of drug-likeness (QED) is 0.881. The van der Waals surface area contributed by atoms with Gasteiger partial charge in [-0.1, -0.05) is 11.3 Å². The number of anilines is 1. The first-order valence-electron chi connectivity index (χ1n) is 7.14. The van der Waals surface area contributed by atoms with Crippen molar-refractivity contribution in [3.63, 3.8) is 0 Å². The molecule has 5 nitrogen and oxygen atoms in total. The Bertz CT molecular complexity index is 753. The van der Waals surface area contributed by atoms with Crippen LogP contribution < -0.4 is 15.0 Å². The van der Waals surface area contributed by atoms with Gasteiger partial charge in [0, 0.05) is 12.0 Å². The molecule has 1 atom stereocenters. The third kappa shape index (κ3) is 1.75. The lowest BCUT2D eigenvalue weighted by Gasteiger charge is -2.25. The highest BCUT2D eigenvalue weighted by Gasteiger charge is 2.44. The molecule has 110 valence electrons. The fourth-order valence-corrected chi connectivity index (χ4v) is 4.03. The van der Waals surface area contributed by atoms with E-state index < -0.39 is 0 Å². The van der Waals surface area contributed by atoms with Crippen LogP contribution in [0.25, 0.3) is 10.2 Å². The number of rotatable bonds is 1. The van der Waals surface area contributed by atoms with Gasteiger partial charge in [-0.25, -0.2) is 9.78 Å². The number of hydrogen-bond acceptors (Lipinski definition) is 4. The molecule has 1 fully saturated rings. The molecule has 2 aromatic rings. The van der Waals surface area contributed by atoms with Gasteiger partial charge in [0.05, 0.1) is 28.4 Å². The molecule has 4 rings (SSSR count). The Morgan fingerprint density at radius 1 is 1.48 bits per heavy atom. The predicted molar refractivity (Wildman–Crippen MR) is 83.4 cm³/mol. The van der Waals surface area contributed by atoms with Crippen LogP contribution in [0.3, 0.4) is 0 Å². The Labute approximate surface area is 126 Å². The Kier molecular flexibility index (Phi) is 2.52. The first-order valence-corrected chi connectivity index (χ1v) is 7.95. The number of urea groups is 1. The van der Waals surface area contributed by atoms with E-state index in [1.807, 2.05) is 26.0 Å². The SMILES string of the molecule is CC1N(c2nc3c4c(ccc3s2)OCC4)C(=O)NC1(C)C. The van der Waals surface area contributed by atoms with Crippen molar-refractivity contribution in [1.82, 2.24) is 10.3 Å². The van der Waals surface area contributed by atoms with Crippen molar-refractivity contribution in [2.24, 2.45) is 0 Å². The summed E-state index contributed by atoms with van der Waals surface area (Å²) in [6.45, 7) is 6.84. The van der Waals surface area contributed by atoms with E-state index in [0.717, 1.165) is 34.1 Å². The number of carbonyl (C=O) groups is 1. The summed E-state index contributed by atoms with van der Waals surface area (Å²) in [6.07, 6.45) is 0.892. The van der Waals surface area contributed by atoms with Gasteiger partial charge >= 0.3 is 6.03 Å². The number of carbonyl (C=O) groups excluding carboxylic acids is 1. The minimum Gasteiger partial charge on any atom is -0.493 e. The monoisotopic (exact) mass is 303 g/mol. The summed E-state index contributed by atoms with van der Waals surface area (Å²) < 4.78 is 6.70. The molecule has 0 radical (unpaired) electrons. The summed E-state index contributed by atoms with van der Waals surface area (Å²) in [6, 6.07) is 4.03. The van der Waals surface area contributed by atoms with Crippen LogP contribution in [0, 0.1) is 0 Å². The highest BCUT2D eigenvalue weighted by Crippen LogP contribution is 2.39. The average molecular weight is 303 g/mol. The number of nitrogens with one attached hydrogen (secondary N) is 1. The molecule has 1 aromatic carbocycles. The lowest BCUT2D eigenvalue weighted by Crippen LogP contribution is -2.42. The Morgan fingerprint density at radius 3 is 3.00 bits per heavy atom. The van der Waals surface area contributed by atoms with E-state index in [-0.39, 0.29) is 17.6 Å². The van der Waals surface area contributed by atoms with Crippen LogP contribution in [0.1, 0.15) is 26.3 Å². The minimum atomic E-state index is -0.250. The van der Waals surface area contributed by atoms with Crippen LogP contribution in [0.4, 0.5) is 9.93 Å². The third-order valence-electron chi connectivity index (χ3n) is 4.51. The molecule has 0 saturated carbocycles. The Hall–Kier alpha value is -1.82. The molecule has 21 heavy (non-hydrogen) atoms. The number of hydrogen-bond donors (Lipinski definition) is 1. The molecule has 1 N–H and O–H groups in total. The van der Waals surface area contributed by atoms with Gasteiger partial charge in [0.2, 0.25) is 0 Å². The van der Waals surface area contributed by atoms with Crippen LogP contribution in [-0.4, -0.2) is 29.2 Å². The van der Waals surface area contributed by atoms with Crippen LogP contribution in [0.15, 0.2) is 12.1 Å². The van der Waals surface area contributed by atoms with E-state index in [1.165, 1.54) is 5.56 Å². The van der Waals surface area contributed by atoms with Gasteiger partial charge in [0.25, 0.3) is 0 Å². The summed E-state index contributed by atoms with van der Waals surface area (Å²) in [5.41, 5.74) is 1.90. The van der Waals surface area contributed by atoms with Gasteiger partial charge in [-0.05, 0) is 32.9 Å². The highest BCUT2D eigenvalue weighted by atomic mass is 32.1. The smallest absolute Gasteiger partial charge is 0.324 e. The first-order chi connectivity index (χ1) is 9.97. The molecule has 2 aliphatic rings. The Balaban J connectivity index is 1.83. The number of ether oxygens (including phenoxy) is 1. The first kappa shape index (κ1) is 12.9. The molecule has 0 spiro atoms. The Morgan fingerprint density at radius 2 is 2.29 bits per heavy atom. The number of aromatic nitrogens is 1. The predicted octanol–water partition coefficient (Wildman–Crippen LogP) is 2.93. The van der Waals surface area contributed by atoms with E-state index in [9.17, 15) is 4.79 Å². The number of fused-ring (bicyclic) bond motifs is 3. The van der Waals surface area contributed by atoms with Gasteiger partial charge in [-0.15, -0.1) is 0 Å². The molecule has 6 heteroatoms. The van der Waals surface area contributed by atoms with Crippen molar-refractivity contribution in [2.45, 2.75) is 38.8 Å². The van der Waals surface area contributed by atoms with E-state index >= 15 is 0 Å². The van der Waals surface area contributed by atoms with Gasteiger partial charge in [0.15, 0.2) is 5.13 Å². The number of amides is 2. The molecular weight excluding hydrogens is 286 g/mol. The molecule has 1 aromatic heterocycles. The second-order valence-corrected chi connectivity index (χ2v) is 7.19. The largest absolute Gasteiger partial charge is 0.493 e. The topological polar surface area (TPSA) is 54.5 Å². The maximum atomic E-state index is 12.3. The fourth-order valence-electron chi connectivity index (χ4n) is 2.95. The fraction of sp³-hybridized carbons (Fsp3) is 0.467. The number of nitrogens with zero attached hydrogens (tertiary/aromatic N) is 2. The lowest BCUT2D eigenvalue weighted by atomic mass is 9.98. The molecule has 1 unspecified atom stereocenters. The van der Waals surface area contributed by atoms with Crippen LogP contribution in [0.2, 0.25) is 0 Å². The zero-order chi connectivity index (χ0) is 14.8. The van der Waals surface area contributed by atoms with Crippen LogP contribution >= 0.6 is 11.3 Å². The zero-order valence-corrected chi connectivity index (χ0v) is 13.1. The van der Waals surface area contributed by atoms with Crippen molar-refractivity contribution in [3.8, 4) is 5.75 Å². The molecule has 3 heterocycles. The molecule has 0 bridgehead atoms. The molecule has 2 amide bonds. The molecule has 0 aliphatic carbocycles. The summed E-state index contributed by atoms with van der Waals surface area (Å²) in [5, 5.41) is 3.78. The standard InChI is InChI=1S/C15H17N3O2S/c1-8-15(2,3)17-13(19)18(8)14-16-12-9-6-7-20-10(9)4-5-11(12)21-14/h4-5,8H,6-7H2,1-3H3,(H,17,19). The van der Waals surface area contributed by atoms with Crippen molar-refractivity contribution in [2.75, 3.05) is 11.5 Å². The maximum absolute atomic E-state index is 12.3. The van der Waals surface area contributed by atoms with Crippen LogP contribution in [-0.2, 0) is 6.42 Å². The summed E-state index contributed by atoms with van der Waals surface area (Å²) in [4.78, 5) is 18.8. The van der Waals surface area contributed by atoms with E-state index in [4.69, 9.17) is 9.72 Å². The molecule has 2 aliphatic heterocycles. The summed E-state index contributed by atoms with van der Waals surface area (Å²) >= 11 is 1.57. The summed E-state index contributed by atoms with van der Waals surface area (Å²) in [7, 11) is 0. The van der Waals surface area contributed by atoms with Crippen molar-refractivity contribution < 1.29 is 9.53 Å². The second kappa shape index (κ2) is 4.10. The van der Waals surface area contributed by atoms with Crippen molar-refractivity contribution in [3.05, 3.63) is 17.7 Å². The van der Waals surface area contributed by atoms with E-state index in [0.29, 0.717) is 0 Å².